The maximum absolute atomic E-state index is 3.67. The highest BCUT2D eigenvalue weighted by Crippen LogP contribution is 2.11. The first-order chi connectivity index (χ1) is 9.86. The van der Waals surface area contributed by atoms with Crippen LogP contribution >= 0.6 is 0 Å². The van der Waals surface area contributed by atoms with Crippen LogP contribution in [0.25, 0.3) is 0 Å². The van der Waals surface area contributed by atoms with Gasteiger partial charge in [-0.15, -0.1) is 0 Å². The molecule has 120 valence electrons. The number of hydrogen-bond donors (Lipinski definition) is 1. The molecule has 0 spiro atoms. The molecular weight excluding hydrogens is 244 g/mol. The van der Waals surface area contributed by atoms with Crippen LogP contribution in [-0.2, 0) is 0 Å². The summed E-state index contributed by atoms with van der Waals surface area (Å²) >= 11 is 0. The maximum Gasteiger partial charge on any atom is 0.0195 e. The summed E-state index contributed by atoms with van der Waals surface area (Å²) < 4.78 is 0. The van der Waals surface area contributed by atoms with E-state index < -0.39 is 0 Å². The molecular formula is C18H38N2. The molecule has 0 radical (unpaired) electrons. The highest BCUT2D eigenvalue weighted by atomic mass is 15.1. The average molecular weight is 283 g/mol. The number of unbranched alkanes of at least 4 members (excludes halogenated alkanes) is 7. The van der Waals surface area contributed by atoms with Gasteiger partial charge in [-0.05, 0) is 38.9 Å². The third-order valence-electron chi connectivity index (χ3n) is 4.67. The summed E-state index contributed by atoms with van der Waals surface area (Å²) in [6, 6.07) is 0.762. The molecule has 0 aromatic carbocycles. The molecule has 2 heteroatoms. The summed E-state index contributed by atoms with van der Waals surface area (Å²) in [6.07, 6.45) is 15.6. The van der Waals surface area contributed by atoms with Crippen molar-refractivity contribution in [2.45, 2.75) is 90.5 Å². The molecule has 20 heavy (non-hydrogen) atoms. The standard InChI is InChI=1S/C18H38N2/c1-3-5-6-7-8-9-10-13-16-20(4-2)17-18-14-11-12-15-19-18/h18-19H,3-17H2,1-2H3. The number of hydrogen-bond acceptors (Lipinski definition) is 2. The van der Waals surface area contributed by atoms with Gasteiger partial charge in [0.05, 0.1) is 0 Å². The predicted molar refractivity (Wildman–Crippen MR) is 90.4 cm³/mol. The molecule has 1 unspecified atom stereocenters. The lowest BCUT2D eigenvalue weighted by Crippen LogP contribution is -2.43. The highest BCUT2D eigenvalue weighted by Gasteiger charge is 2.15. The Labute approximate surface area is 127 Å². The first kappa shape index (κ1) is 18.0. The quantitative estimate of drug-likeness (QED) is 0.527. The van der Waals surface area contributed by atoms with Crippen LogP contribution in [0.4, 0.5) is 0 Å². The Bertz CT molecular complexity index is 200. The predicted octanol–water partition coefficient (Wildman–Crippen LogP) is 4.59. The summed E-state index contributed by atoms with van der Waals surface area (Å²) in [4.78, 5) is 2.65. The fraction of sp³-hybridized carbons (Fsp3) is 1.00. The van der Waals surface area contributed by atoms with Crippen molar-refractivity contribution < 1.29 is 0 Å². The Morgan fingerprint density at radius 3 is 2.20 bits per heavy atom. The van der Waals surface area contributed by atoms with Gasteiger partial charge in [0, 0.05) is 12.6 Å². The monoisotopic (exact) mass is 282 g/mol. The van der Waals surface area contributed by atoms with E-state index in [4.69, 9.17) is 0 Å². The van der Waals surface area contributed by atoms with Crippen LogP contribution in [0, 0.1) is 0 Å². The molecule has 0 amide bonds. The van der Waals surface area contributed by atoms with Crippen molar-refractivity contribution in [1.29, 1.82) is 0 Å². The first-order valence-corrected chi connectivity index (χ1v) is 9.32. The number of nitrogens with zero attached hydrogens (tertiary/aromatic N) is 1. The van der Waals surface area contributed by atoms with Crippen molar-refractivity contribution in [3.05, 3.63) is 0 Å². The lowest BCUT2D eigenvalue weighted by atomic mass is 10.0. The molecule has 1 N–H and O–H groups in total. The van der Waals surface area contributed by atoms with Gasteiger partial charge in [0.2, 0.25) is 0 Å². The average Bonchev–Trinajstić information content (AvgIpc) is 2.49. The van der Waals surface area contributed by atoms with Crippen molar-refractivity contribution in [2.75, 3.05) is 26.2 Å². The van der Waals surface area contributed by atoms with Crippen LogP contribution in [0.2, 0.25) is 0 Å². The summed E-state index contributed by atoms with van der Waals surface area (Å²) in [5.74, 6) is 0. The van der Waals surface area contributed by atoms with Gasteiger partial charge in [0.1, 0.15) is 0 Å². The molecule has 1 aliphatic heterocycles. The van der Waals surface area contributed by atoms with E-state index in [-0.39, 0.29) is 0 Å². The van der Waals surface area contributed by atoms with Gasteiger partial charge in [0.25, 0.3) is 0 Å². The highest BCUT2D eigenvalue weighted by molar-refractivity contribution is 4.75. The lowest BCUT2D eigenvalue weighted by Gasteiger charge is -2.29. The number of likely N-dealkylation sites (N-methyl/N-ethyl adjacent to an activating group) is 1. The number of nitrogens with one attached hydrogen (secondary N) is 1. The molecule has 1 aliphatic rings. The fourth-order valence-electron chi connectivity index (χ4n) is 3.24. The van der Waals surface area contributed by atoms with Gasteiger partial charge in [-0.1, -0.05) is 65.2 Å². The van der Waals surface area contributed by atoms with E-state index in [1.54, 1.807) is 0 Å². The fourth-order valence-corrected chi connectivity index (χ4v) is 3.24. The van der Waals surface area contributed by atoms with Crippen molar-refractivity contribution in [2.24, 2.45) is 0 Å². The van der Waals surface area contributed by atoms with Gasteiger partial charge in [0.15, 0.2) is 0 Å². The van der Waals surface area contributed by atoms with Crippen LogP contribution < -0.4 is 5.32 Å². The second-order valence-corrected chi connectivity index (χ2v) is 6.51. The SMILES string of the molecule is CCCCCCCCCCN(CC)CC1CCCCN1. The summed E-state index contributed by atoms with van der Waals surface area (Å²) in [5.41, 5.74) is 0. The molecule has 1 atom stereocenters. The van der Waals surface area contributed by atoms with E-state index in [2.05, 4.69) is 24.1 Å². The zero-order valence-corrected chi connectivity index (χ0v) is 14.1. The minimum absolute atomic E-state index is 0.762. The summed E-state index contributed by atoms with van der Waals surface area (Å²) in [5, 5.41) is 3.67. The third kappa shape index (κ3) is 8.97. The normalized spacial score (nSPS) is 19.6. The van der Waals surface area contributed by atoms with Gasteiger partial charge in [-0.25, -0.2) is 0 Å². The number of piperidine rings is 1. The van der Waals surface area contributed by atoms with Crippen LogP contribution in [0.1, 0.15) is 84.5 Å². The van der Waals surface area contributed by atoms with E-state index in [1.807, 2.05) is 0 Å². The molecule has 0 aliphatic carbocycles. The Hall–Kier alpha value is -0.0800. The topological polar surface area (TPSA) is 15.3 Å². The number of rotatable bonds is 12. The molecule has 0 aromatic rings. The Balaban J connectivity index is 1.94. The van der Waals surface area contributed by atoms with E-state index in [1.165, 1.54) is 96.8 Å². The zero-order chi connectivity index (χ0) is 14.5. The van der Waals surface area contributed by atoms with E-state index >= 15 is 0 Å². The third-order valence-corrected chi connectivity index (χ3v) is 4.67. The van der Waals surface area contributed by atoms with Gasteiger partial charge in [-0.2, -0.15) is 0 Å². The second kappa shape index (κ2) is 12.6. The maximum atomic E-state index is 3.67. The summed E-state index contributed by atoms with van der Waals surface area (Å²) in [7, 11) is 0. The minimum Gasteiger partial charge on any atom is -0.313 e. The van der Waals surface area contributed by atoms with Gasteiger partial charge >= 0.3 is 0 Å². The van der Waals surface area contributed by atoms with Crippen LogP contribution in [0.3, 0.4) is 0 Å². The van der Waals surface area contributed by atoms with E-state index in [9.17, 15) is 0 Å². The Kier molecular flexibility index (Phi) is 11.4. The molecule has 1 saturated heterocycles. The molecule has 1 fully saturated rings. The van der Waals surface area contributed by atoms with E-state index in [0.717, 1.165) is 6.04 Å². The second-order valence-electron chi connectivity index (χ2n) is 6.51. The van der Waals surface area contributed by atoms with Crippen molar-refractivity contribution in [1.82, 2.24) is 10.2 Å². The first-order valence-electron chi connectivity index (χ1n) is 9.32. The Morgan fingerprint density at radius 1 is 0.900 bits per heavy atom. The van der Waals surface area contributed by atoms with Crippen LogP contribution in [0.5, 0.6) is 0 Å². The van der Waals surface area contributed by atoms with Crippen LogP contribution in [-0.4, -0.2) is 37.1 Å². The van der Waals surface area contributed by atoms with Crippen LogP contribution in [0.15, 0.2) is 0 Å². The smallest absolute Gasteiger partial charge is 0.0195 e. The molecule has 0 bridgehead atoms. The lowest BCUT2D eigenvalue weighted by molar-refractivity contribution is 0.229. The minimum atomic E-state index is 0.762. The summed E-state index contributed by atoms with van der Waals surface area (Å²) in [6.45, 7) is 9.64. The van der Waals surface area contributed by atoms with Crippen molar-refractivity contribution >= 4 is 0 Å². The molecule has 0 aromatic heterocycles. The van der Waals surface area contributed by atoms with Gasteiger partial charge in [-0.3, -0.25) is 0 Å². The molecule has 0 saturated carbocycles. The molecule has 1 rings (SSSR count). The van der Waals surface area contributed by atoms with Crippen molar-refractivity contribution in [3.8, 4) is 0 Å². The van der Waals surface area contributed by atoms with Crippen molar-refractivity contribution in [3.63, 3.8) is 0 Å². The van der Waals surface area contributed by atoms with E-state index in [0.29, 0.717) is 0 Å². The molecule has 1 heterocycles. The zero-order valence-electron chi connectivity index (χ0n) is 14.1. The Morgan fingerprint density at radius 2 is 1.60 bits per heavy atom. The van der Waals surface area contributed by atoms with Gasteiger partial charge < -0.3 is 10.2 Å². The molecule has 2 nitrogen and oxygen atoms in total. The largest absolute Gasteiger partial charge is 0.313 e.